The number of aryl methyl sites for hydroxylation is 2. The Morgan fingerprint density at radius 3 is 2.92 bits per heavy atom. The molecule has 3 aromatic heterocycles. The van der Waals surface area contributed by atoms with Crippen molar-refractivity contribution in [2.45, 2.75) is 38.6 Å². The van der Waals surface area contributed by atoms with Gasteiger partial charge in [0.05, 0.1) is 24.1 Å². The highest BCUT2D eigenvalue weighted by Gasteiger charge is 2.33. The topological polar surface area (TPSA) is 90.2 Å². The maximum Gasteiger partial charge on any atom is 0.290 e. The Bertz CT molecular complexity index is 909. The van der Waals surface area contributed by atoms with Gasteiger partial charge in [-0.2, -0.15) is 10.1 Å². The van der Waals surface area contributed by atoms with Gasteiger partial charge in [-0.25, -0.2) is 0 Å². The molecular weight excluding hydrogens is 334 g/mol. The predicted octanol–water partition coefficient (Wildman–Crippen LogP) is 3.13. The van der Waals surface area contributed by atoms with Crippen molar-refractivity contribution < 1.29 is 13.7 Å². The minimum Gasteiger partial charge on any atom is -0.459 e. The second-order valence-electron chi connectivity index (χ2n) is 6.66. The van der Waals surface area contributed by atoms with E-state index in [0.29, 0.717) is 24.0 Å². The van der Waals surface area contributed by atoms with Gasteiger partial charge in [0.2, 0.25) is 0 Å². The largest absolute Gasteiger partial charge is 0.459 e. The monoisotopic (exact) mass is 355 g/mol. The summed E-state index contributed by atoms with van der Waals surface area (Å²) in [7, 11) is 1.83. The summed E-state index contributed by atoms with van der Waals surface area (Å²) < 4.78 is 12.5. The highest BCUT2D eigenvalue weighted by Crippen LogP contribution is 2.31. The Kier molecular flexibility index (Phi) is 4.32. The Morgan fingerprint density at radius 1 is 1.31 bits per heavy atom. The van der Waals surface area contributed by atoms with E-state index in [-0.39, 0.29) is 11.9 Å². The molecule has 3 aromatic rings. The number of rotatable bonds is 3. The molecule has 1 atom stereocenters. The number of likely N-dealkylation sites (tertiary alicyclic amines) is 1. The second-order valence-corrected chi connectivity index (χ2v) is 6.66. The van der Waals surface area contributed by atoms with Crippen LogP contribution < -0.4 is 0 Å². The van der Waals surface area contributed by atoms with Crippen LogP contribution in [0.3, 0.4) is 0 Å². The molecule has 8 nitrogen and oxygen atoms in total. The second kappa shape index (κ2) is 6.78. The summed E-state index contributed by atoms with van der Waals surface area (Å²) in [6.07, 6.45) is 8.89. The van der Waals surface area contributed by atoms with E-state index in [4.69, 9.17) is 8.94 Å². The number of furan rings is 1. The molecular formula is C18H21N5O3. The lowest BCUT2D eigenvalue weighted by Crippen LogP contribution is -2.35. The van der Waals surface area contributed by atoms with Crippen molar-refractivity contribution >= 4 is 5.91 Å². The van der Waals surface area contributed by atoms with E-state index < -0.39 is 0 Å². The van der Waals surface area contributed by atoms with Crippen LogP contribution in [0.5, 0.6) is 0 Å². The molecule has 0 saturated carbocycles. The zero-order valence-electron chi connectivity index (χ0n) is 14.9. The van der Waals surface area contributed by atoms with Crippen LogP contribution in [0.15, 0.2) is 33.7 Å². The number of nitrogens with zero attached hydrogens (tertiary/aromatic N) is 5. The van der Waals surface area contributed by atoms with Crippen molar-refractivity contribution in [2.75, 3.05) is 6.54 Å². The maximum absolute atomic E-state index is 13.0. The smallest absolute Gasteiger partial charge is 0.290 e. The minimum atomic E-state index is -0.219. The van der Waals surface area contributed by atoms with Gasteiger partial charge in [-0.05, 0) is 25.8 Å². The molecule has 1 amide bonds. The summed E-state index contributed by atoms with van der Waals surface area (Å²) in [5.41, 5.74) is 1.60. The standard InChI is InChI=1S/C18H21N5O3/c1-12-7-9-25-15(12)18(24)23-8-5-3-4-6-14(23)16-20-17(26-21-16)13-10-19-22(2)11-13/h7,9-11,14H,3-6,8H2,1-2H3/t14-/m1/s1. The quantitative estimate of drug-likeness (QED) is 0.717. The SMILES string of the molecule is Cc1ccoc1C(=O)N1CCCCC[C@@H]1c1noc(-c2cnn(C)c2)n1. The summed E-state index contributed by atoms with van der Waals surface area (Å²) in [5, 5.41) is 8.28. The van der Waals surface area contributed by atoms with Gasteiger partial charge in [0, 0.05) is 25.4 Å². The maximum atomic E-state index is 13.0. The molecule has 4 rings (SSSR count). The molecule has 0 N–H and O–H groups in total. The van der Waals surface area contributed by atoms with Crippen LogP contribution in [0, 0.1) is 6.92 Å². The van der Waals surface area contributed by atoms with Crippen molar-refractivity contribution in [1.82, 2.24) is 24.8 Å². The summed E-state index contributed by atoms with van der Waals surface area (Å²) in [4.78, 5) is 19.4. The first-order valence-electron chi connectivity index (χ1n) is 8.81. The number of carbonyl (C=O) groups is 1. The summed E-state index contributed by atoms with van der Waals surface area (Å²) in [5.74, 6) is 1.21. The lowest BCUT2D eigenvalue weighted by atomic mass is 10.1. The fraction of sp³-hybridized carbons (Fsp3) is 0.444. The molecule has 1 aliphatic rings. The number of carbonyl (C=O) groups excluding carboxylic acids is 1. The predicted molar refractivity (Wildman–Crippen MR) is 92.2 cm³/mol. The summed E-state index contributed by atoms with van der Waals surface area (Å²) >= 11 is 0. The molecule has 0 spiro atoms. The van der Waals surface area contributed by atoms with Crippen LogP contribution in [0.25, 0.3) is 11.5 Å². The minimum absolute atomic E-state index is 0.118. The van der Waals surface area contributed by atoms with Gasteiger partial charge in [-0.3, -0.25) is 9.48 Å². The van der Waals surface area contributed by atoms with Crippen molar-refractivity contribution in [3.63, 3.8) is 0 Å². The van der Waals surface area contributed by atoms with E-state index in [9.17, 15) is 4.79 Å². The average molecular weight is 355 g/mol. The van der Waals surface area contributed by atoms with Gasteiger partial charge in [0.15, 0.2) is 11.6 Å². The van der Waals surface area contributed by atoms with Crippen molar-refractivity contribution in [3.8, 4) is 11.5 Å². The average Bonchev–Trinajstić information content (AvgIpc) is 3.33. The third kappa shape index (κ3) is 3.02. The fourth-order valence-electron chi connectivity index (χ4n) is 3.36. The molecule has 0 unspecified atom stereocenters. The van der Waals surface area contributed by atoms with Crippen molar-refractivity contribution in [2.24, 2.45) is 7.05 Å². The third-order valence-electron chi connectivity index (χ3n) is 4.76. The zero-order valence-corrected chi connectivity index (χ0v) is 14.9. The Balaban J connectivity index is 1.65. The van der Waals surface area contributed by atoms with Gasteiger partial charge in [-0.15, -0.1) is 0 Å². The van der Waals surface area contributed by atoms with Crippen LogP contribution in [0.2, 0.25) is 0 Å². The van der Waals surface area contributed by atoms with E-state index in [1.807, 2.05) is 25.1 Å². The number of amides is 1. The van der Waals surface area contributed by atoms with E-state index in [1.165, 1.54) is 0 Å². The molecule has 8 heteroatoms. The first-order chi connectivity index (χ1) is 12.6. The third-order valence-corrected chi connectivity index (χ3v) is 4.76. The van der Waals surface area contributed by atoms with Crippen molar-refractivity contribution in [3.05, 3.63) is 41.9 Å². The molecule has 0 aromatic carbocycles. The lowest BCUT2D eigenvalue weighted by molar-refractivity contribution is 0.0636. The summed E-state index contributed by atoms with van der Waals surface area (Å²) in [6.45, 7) is 2.53. The van der Waals surface area contributed by atoms with E-state index in [1.54, 1.807) is 23.2 Å². The van der Waals surface area contributed by atoms with E-state index in [2.05, 4.69) is 15.2 Å². The first-order valence-corrected chi connectivity index (χ1v) is 8.81. The van der Waals surface area contributed by atoms with Crippen LogP contribution >= 0.6 is 0 Å². The number of aromatic nitrogens is 4. The highest BCUT2D eigenvalue weighted by molar-refractivity contribution is 5.93. The molecule has 26 heavy (non-hydrogen) atoms. The number of hydrogen-bond donors (Lipinski definition) is 0. The van der Waals surface area contributed by atoms with Gasteiger partial charge in [0.1, 0.15) is 0 Å². The lowest BCUT2D eigenvalue weighted by Gasteiger charge is -2.27. The summed E-state index contributed by atoms with van der Waals surface area (Å²) in [6, 6.07) is 1.58. The van der Waals surface area contributed by atoms with Crippen molar-refractivity contribution in [1.29, 1.82) is 0 Å². The van der Waals surface area contributed by atoms with Gasteiger partial charge in [0.25, 0.3) is 11.8 Å². The van der Waals surface area contributed by atoms with Gasteiger partial charge >= 0.3 is 0 Å². The van der Waals surface area contributed by atoms with Gasteiger partial charge in [-0.1, -0.05) is 18.0 Å². The molecule has 0 aliphatic carbocycles. The fourth-order valence-corrected chi connectivity index (χ4v) is 3.36. The molecule has 0 radical (unpaired) electrons. The van der Waals surface area contributed by atoms with Crippen LogP contribution in [-0.2, 0) is 7.05 Å². The first kappa shape index (κ1) is 16.6. The molecule has 1 saturated heterocycles. The molecule has 136 valence electrons. The molecule has 1 fully saturated rings. The highest BCUT2D eigenvalue weighted by atomic mass is 16.5. The van der Waals surface area contributed by atoms with E-state index in [0.717, 1.165) is 36.8 Å². The van der Waals surface area contributed by atoms with Gasteiger partial charge < -0.3 is 13.8 Å². The van der Waals surface area contributed by atoms with Crippen LogP contribution in [0.4, 0.5) is 0 Å². The molecule has 0 bridgehead atoms. The number of hydrogen-bond acceptors (Lipinski definition) is 6. The Labute approximate surface area is 150 Å². The van der Waals surface area contributed by atoms with Crippen LogP contribution in [0.1, 0.15) is 53.7 Å². The molecule has 1 aliphatic heterocycles. The Hall–Kier alpha value is -2.90. The van der Waals surface area contributed by atoms with Crippen LogP contribution in [-0.4, -0.2) is 37.3 Å². The van der Waals surface area contributed by atoms with E-state index >= 15 is 0 Å². The Morgan fingerprint density at radius 2 is 2.19 bits per heavy atom. The zero-order chi connectivity index (χ0) is 18.1. The normalized spacial score (nSPS) is 18.1. The molecule has 4 heterocycles.